The van der Waals surface area contributed by atoms with Gasteiger partial charge in [0.05, 0.1) is 5.41 Å². The lowest BCUT2D eigenvalue weighted by atomic mass is 9.94. The molecule has 1 aromatic carbocycles. The van der Waals surface area contributed by atoms with Crippen molar-refractivity contribution >= 4 is 17.7 Å². The first-order chi connectivity index (χ1) is 17.5. The Kier molecular flexibility index (Phi) is 7.56. The van der Waals surface area contributed by atoms with Crippen LogP contribution in [-0.4, -0.2) is 58.6 Å². The first-order valence-electron chi connectivity index (χ1n) is 13.6. The van der Waals surface area contributed by atoms with Gasteiger partial charge in [-0.25, -0.2) is 9.78 Å². The average molecular weight is 491 g/mol. The number of pyridine rings is 1. The number of aryl methyl sites for hydroxylation is 2. The summed E-state index contributed by atoms with van der Waals surface area (Å²) in [5.74, 6) is -0.0403. The van der Waals surface area contributed by atoms with Crippen LogP contribution in [0, 0.1) is 0 Å². The van der Waals surface area contributed by atoms with Crippen LogP contribution >= 0.6 is 0 Å². The van der Waals surface area contributed by atoms with Crippen LogP contribution in [0.5, 0.6) is 0 Å². The number of amides is 1. The fraction of sp³-hybridized carbons (Fsp3) is 0.552. The SMILES string of the molecule is O=C(O)C(CCN(CCCCc1ccc2c(n1)NCCC2)C1CC1)NC(=O)C1(c2ccccc2)CC1. The molecule has 1 aliphatic heterocycles. The molecule has 0 spiro atoms. The van der Waals surface area contributed by atoms with E-state index in [1.54, 1.807) is 0 Å². The average Bonchev–Trinajstić information content (AvgIpc) is 3.82. The molecule has 2 aromatic rings. The molecular formula is C29H38N4O3. The molecule has 0 saturated heterocycles. The van der Waals surface area contributed by atoms with Gasteiger partial charge in [-0.2, -0.15) is 0 Å². The number of hydrogen-bond acceptors (Lipinski definition) is 5. The third-order valence-corrected chi connectivity index (χ3v) is 7.96. The second-order valence-corrected chi connectivity index (χ2v) is 10.7. The van der Waals surface area contributed by atoms with Crippen LogP contribution in [0.25, 0.3) is 0 Å². The van der Waals surface area contributed by atoms with Crippen molar-refractivity contribution in [3.05, 3.63) is 59.3 Å². The number of carboxylic acid groups (broad SMARTS) is 1. The molecule has 1 unspecified atom stereocenters. The molecule has 1 aromatic heterocycles. The third kappa shape index (κ3) is 5.89. The fourth-order valence-corrected chi connectivity index (χ4v) is 5.42. The lowest BCUT2D eigenvalue weighted by Gasteiger charge is -2.25. The summed E-state index contributed by atoms with van der Waals surface area (Å²) in [5, 5.41) is 16.1. The minimum Gasteiger partial charge on any atom is -0.480 e. The number of anilines is 1. The number of fused-ring (bicyclic) bond motifs is 1. The van der Waals surface area contributed by atoms with Crippen molar-refractivity contribution in [2.45, 2.75) is 81.7 Å². The molecular weight excluding hydrogens is 452 g/mol. The van der Waals surface area contributed by atoms with Crippen LogP contribution in [0.4, 0.5) is 5.82 Å². The minimum absolute atomic E-state index is 0.147. The smallest absolute Gasteiger partial charge is 0.326 e. The van der Waals surface area contributed by atoms with E-state index in [1.165, 1.54) is 24.8 Å². The highest BCUT2D eigenvalue weighted by Gasteiger charge is 2.51. The van der Waals surface area contributed by atoms with Crippen molar-refractivity contribution in [2.75, 3.05) is 25.0 Å². The molecule has 5 rings (SSSR count). The van der Waals surface area contributed by atoms with Crippen molar-refractivity contribution in [1.82, 2.24) is 15.2 Å². The molecule has 2 aliphatic carbocycles. The van der Waals surface area contributed by atoms with Crippen LogP contribution in [-0.2, 0) is 27.8 Å². The number of benzene rings is 1. The van der Waals surface area contributed by atoms with Gasteiger partial charge in [0.2, 0.25) is 5.91 Å². The van der Waals surface area contributed by atoms with Gasteiger partial charge in [0.15, 0.2) is 0 Å². The number of hydrogen-bond donors (Lipinski definition) is 3. The summed E-state index contributed by atoms with van der Waals surface area (Å²) in [6.45, 7) is 2.66. The number of rotatable bonds is 13. The van der Waals surface area contributed by atoms with E-state index in [0.717, 1.165) is 68.7 Å². The monoisotopic (exact) mass is 490 g/mol. The molecule has 1 amide bonds. The van der Waals surface area contributed by atoms with Crippen molar-refractivity contribution in [1.29, 1.82) is 0 Å². The maximum atomic E-state index is 13.1. The van der Waals surface area contributed by atoms with Crippen molar-refractivity contribution in [3.8, 4) is 0 Å². The molecule has 7 nitrogen and oxygen atoms in total. The number of carbonyl (C=O) groups is 2. The van der Waals surface area contributed by atoms with Crippen molar-refractivity contribution in [3.63, 3.8) is 0 Å². The summed E-state index contributed by atoms with van der Waals surface area (Å²) in [4.78, 5) is 32.3. The predicted octanol–water partition coefficient (Wildman–Crippen LogP) is 3.92. The van der Waals surface area contributed by atoms with Gasteiger partial charge in [-0.1, -0.05) is 36.4 Å². The van der Waals surface area contributed by atoms with Gasteiger partial charge in [0, 0.05) is 24.8 Å². The van der Waals surface area contributed by atoms with Gasteiger partial charge in [-0.3, -0.25) is 4.79 Å². The lowest BCUT2D eigenvalue weighted by Crippen LogP contribution is -2.47. The Morgan fingerprint density at radius 1 is 1.11 bits per heavy atom. The Hall–Kier alpha value is -2.93. The maximum absolute atomic E-state index is 13.1. The zero-order chi connectivity index (χ0) is 25.0. The Morgan fingerprint density at radius 2 is 1.92 bits per heavy atom. The van der Waals surface area contributed by atoms with E-state index in [4.69, 9.17) is 4.98 Å². The predicted molar refractivity (Wildman–Crippen MR) is 140 cm³/mol. The van der Waals surface area contributed by atoms with E-state index in [2.05, 4.69) is 27.7 Å². The van der Waals surface area contributed by atoms with Gasteiger partial charge < -0.3 is 20.6 Å². The highest BCUT2D eigenvalue weighted by molar-refractivity contribution is 5.94. The summed E-state index contributed by atoms with van der Waals surface area (Å²) in [6, 6.07) is 13.8. The first kappa shape index (κ1) is 24.8. The molecule has 36 heavy (non-hydrogen) atoms. The van der Waals surface area contributed by atoms with Gasteiger partial charge in [0.1, 0.15) is 11.9 Å². The quantitative estimate of drug-likeness (QED) is 0.369. The summed E-state index contributed by atoms with van der Waals surface area (Å²) in [6.07, 6.45) is 9.71. The van der Waals surface area contributed by atoms with E-state index in [9.17, 15) is 14.7 Å². The van der Waals surface area contributed by atoms with Crippen molar-refractivity contribution < 1.29 is 14.7 Å². The normalized spacial score (nSPS) is 18.7. The number of unbranched alkanes of at least 4 members (excludes halogenated alkanes) is 1. The molecule has 2 fully saturated rings. The molecule has 3 N–H and O–H groups in total. The number of aliphatic carboxylic acids is 1. The van der Waals surface area contributed by atoms with Crippen LogP contribution in [0.2, 0.25) is 0 Å². The molecule has 7 heteroatoms. The molecule has 2 heterocycles. The molecule has 2 saturated carbocycles. The topological polar surface area (TPSA) is 94.6 Å². The van der Waals surface area contributed by atoms with Crippen molar-refractivity contribution in [2.24, 2.45) is 0 Å². The number of carbonyl (C=O) groups excluding carboxylic acids is 1. The van der Waals surface area contributed by atoms with Gasteiger partial charge in [-0.05, 0) is 87.9 Å². The molecule has 0 radical (unpaired) electrons. The van der Waals surface area contributed by atoms with E-state index in [-0.39, 0.29) is 5.91 Å². The largest absolute Gasteiger partial charge is 0.480 e. The zero-order valence-electron chi connectivity index (χ0n) is 21.0. The summed E-state index contributed by atoms with van der Waals surface area (Å²) < 4.78 is 0. The highest BCUT2D eigenvalue weighted by atomic mass is 16.4. The third-order valence-electron chi connectivity index (χ3n) is 7.96. The van der Waals surface area contributed by atoms with Gasteiger partial charge in [0.25, 0.3) is 0 Å². The van der Waals surface area contributed by atoms with E-state index < -0.39 is 17.4 Å². The molecule has 1 atom stereocenters. The van der Waals surface area contributed by atoms with Crippen LogP contribution < -0.4 is 10.6 Å². The maximum Gasteiger partial charge on any atom is 0.326 e. The highest BCUT2D eigenvalue weighted by Crippen LogP contribution is 2.48. The number of nitrogens with one attached hydrogen (secondary N) is 2. The second-order valence-electron chi connectivity index (χ2n) is 10.7. The molecule has 192 valence electrons. The van der Waals surface area contributed by atoms with Crippen LogP contribution in [0.1, 0.15) is 68.2 Å². The summed E-state index contributed by atoms with van der Waals surface area (Å²) in [7, 11) is 0. The molecule has 3 aliphatic rings. The zero-order valence-corrected chi connectivity index (χ0v) is 21.0. The van der Waals surface area contributed by atoms with Crippen LogP contribution in [0.3, 0.4) is 0 Å². The number of aromatic nitrogens is 1. The Balaban J connectivity index is 1.09. The van der Waals surface area contributed by atoms with E-state index >= 15 is 0 Å². The number of carboxylic acids is 1. The van der Waals surface area contributed by atoms with E-state index in [0.29, 0.717) is 19.0 Å². The van der Waals surface area contributed by atoms with Crippen LogP contribution in [0.15, 0.2) is 42.5 Å². The van der Waals surface area contributed by atoms with E-state index in [1.807, 2.05) is 30.3 Å². The number of nitrogens with zero attached hydrogens (tertiary/aromatic N) is 2. The summed E-state index contributed by atoms with van der Waals surface area (Å²) in [5.41, 5.74) is 2.89. The lowest BCUT2D eigenvalue weighted by molar-refractivity contribution is -0.142. The Morgan fingerprint density at radius 3 is 2.64 bits per heavy atom. The fourth-order valence-electron chi connectivity index (χ4n) is 5.42. The standard InChI is InChI=1S/C29H38N4O3/c34-27(35)25(32-28(36)29(16-17-29)22-8-2-1-3-9-22)15-20-33(24-13-14-24)19-5-4-10-23-12-11-21-7-6-18-30-26(21)31-23/h1-3,8-9,11-12,24-25H,4-7,10,13-20H2,(H,30,31)(H,32,36)(H,34,35). The Labute approximate surface area is 213 Å². The van der Waals surface area contributed by atoms with Gasteiger partial charge >= 0.3 is 5.97 Å². The molecule has 0 bridgehead atoms. The second kappa shape index (κ2) is 11.0. The Bertz CT molecular complexity index is 1070. The summed E-state index contributed by atoms with van der Waals surface area (Å²) >= 11 is 0. The van der Waals surface area contributed by atoms with Gasteiger partial charge in [-0.15, -0.1) is 0 Å². The minimum atomic E-state index is -0.949. The first-order valence-corrected chi connectivity index (χ1v) is 13.6.